The van der Waals surface area contributed by atoms with Gasteiger partial charge < -0.3 is 15.5 Å². The molecule has 3 rings (SSSR count). The van der Waals surface area contributed by atoms with E-state index in [0.717, 1.165) is 31.7 Å². The summed E-state index contributed by atoms with van der Waals surface area (Å²) in [6, 6.07) is 6.31. The van der Waals surface area contributed by atoms with Gasteiger partial charge in [0.05, 0.1) is 11.4 Å². The number of nitrogens with one attached hydrogen (secondary N) is 2. The number of halogens is 1. The molecule has 27 heavy (non-hydrogen) atoms. The van der Waals surface area contributed by atoms with Gasteiger partial charge in [0.15, 0.2) is 0 Å². The number of carbonyl (C=O) groups excluding carboxylic acids is 1. The third-order valence-electron chi connectivity index (χ3n) is 4.79. The highest BCUT2D eigenvalue weighted by Gasteiger charge is 2.17. The molecular formula is C20H26FN5O. The zero-order chi connectivity index (χ0) is 19.2. The predicted octanol–water partition coefficient (Wildman–Crippen LogP) is 2.38. The summed E-state index contributed by atoms with van der Waals surface area (Å²) in [5, 5.41) is 5.98. The van der Waals surface area contributed by atoms with Crippen molar-refractivity contribution < 1.29 is 9.18 Å². The Labute approximate surface area is 159 Å². The summed E-state index contributed by atoms with van der Waals surface area (Å²) in [6.07, 6.45) is 2.99. The van der Waals surface area contributed by atoms with Gasteiger partial charge in [-0.3, -0.25) is 4.79 Å². The summed E-state index contributed by atoms with van der Waals surface area (Å²) in [5.41, 5.74) is 2.51. The van der Waals surface area contributed by atoms with Crippen LogP contribution in [0.25, 0.3) is 0 Å². The van der Waals surface area contributed by atoms with E-state index >= 15 is 0 Å². The van der Waals surface area contributed by atoms with Crippen molar-refractivity contribution in [1.29, 1.82) is 0 Å². The van der Waals surface area contributed by atoms with E-state index in [1.165, 1.54) is 25.0 Å². The summed E-state index contributed by atoms with van der Waals surface area (Å²) in [7, 11) is 1.57. The molecule has 2 N–H and O–H groups in total. The molecule has 1 amide bonds. The molecule has 1 fully saturated rings. The van der Waals surface area contributed by atoms with E-state index in [0.29, 0.717) is 29.3 Å². The highest BCUT2D eigenvalue weighted by Crippen LogP contribution is 2.18. The molecule has 0 bridgehead atoms. The van der Waals surface area contributed by atoms with Crippen molar-refractivity contribution >= 4 is 11.7 Å². The zero-order valence-electron chi connectivity index (χ0n) is 15.9. The average molecular weight is 371 g/mol. The fourth-order valence-electron chi connectivity index (χ4n) is 3.29. The number of aryl methyl sites for hydroxylation is 1. The van der Waals surface area contributed by atoms with E-state index in [1.54, 1.807) is 26.1 Å². The van der Waals surface area contributed by atoms with Gasteiger partial charge in [0.2, 0.25) is 0 Å². The van der Waals surface area contributed by atoms with Gasteiger partial charge in [0, 0.05) is 26.6 Å². The quantitative estimate of drug-likeness (QED) is 0.782. The van der Waals surface area contributed by atoms with E-state index in [9.17, 15) is 9.18 Å². The lowest BCUT2D eigenvalue weighted by Gasteiger charge is -2.17. The predicted molar refractivity (Wildman–Crippen MR) is 104 cm³/mol. The van der Waals surface area contributed by atoms with Gasteiger partial charge in [0.1, 0.15) is 17.3 Å². The molecule has 0 atom stereocenters. The molecule has 1 aliphatic heterocycles. The van der Waals surface area contributed by atoms with Gasteiger partial charge in [-0.05, 0) is 50.6 Å². The first-order valence-electron chi connectivity index (χ1n) is 9.37. The maximum absolute atomic E-state index is 13.2. The van der Waals surface area contributed by atoms with Crippen LogP contribution in [0.3, 0.4) is 0 Å². The molecule has 1 aromatic heterocycles. The van der Waals surface area contributed by atoms with Crippen molar-refractivity contribution in [2.24, 2.45) is 0 Å². The Hall–Kier alpha value is -2.54. The van der Waals surface area contributed by atoms with Gasteiger partial charge in [-0.25, -0.2) is 14.4 Å². The van der Waals surface area contributed by atoms with Crippen LogP contribution in [0, 0.1) is 12.7 Å². The number of anilines is 1. The third kappa shape index (κ3) is 5.01. The van der Waals surface area contributed by atoms with Crippen molar-refractivity contribution in [2.45, 2.75) is 26.2 Å². The second-order valence-corrected chi connectivity index (χ2v) is 6.81. The van der Waals surface area contributed by atoms with Gasteiger partial charge in [-0.15, -0.1) is 0 Å². The number of hydrogen-bond acceptors (Lipinski definition) is 5. The topological polar surface area (TPSA) is 70.2 Å². The highest BCUT2D eigenvalue weighted by atomic mass is 19.1. The maximum atomic E-state index is 13.2. The van der Waals surface area contributed by atoms with Crippen LogP contribution < -0.4 is 10.6 Å². The lowest BCUT2D eigenvalue weighted by atomic mass is 10.1. The number of amides is 1. The summed E-state index contributed by atoms with van der Waals surface area (Å²) in [5.74, 6) is 0.149. The first-order chi connectivity index (χ1) is 13.1. The van der Waals surface area contributed by atoms with Crippen molar-refractivity contribution in [3.05, 3.63) is 52.7 Å². The molecule has 7 heteroatoms. The van der Waals surface area contributed by atoms with E-state index in [1.807, 2.05) is 0 Å². The Kier molecular flexibility index (Phi) is 6.34. The fourth-order valence-corrected chi connectivity index (χ4v) is 3.29. The van der Waals surface area contributed by atoms with Crippen LogP contribution in [0.2, 0.25) is 0 Å². The summed E-state index contributed by atoms with van der Waals surface area (Å²) in [4.78, 5) is 23.7. The number of rotatable bonds is 7. The molecule has 0 spiro atoms. The number of hydrogen-bond donors (Lipinski definition) is 2. The van der Waals surface area contributed by atoms with Gasteiger partial charge in [0.25, 0.3) is 5.91 Å². The number of carbonyl (C=O) groups is 1. The molecule has 1 saturated heterocycles. The molecule has 0 unspecified atom stereocenters. The Morgan fingerprint density at radius 2 is 1.89 bits per heavy atom. The Morgan fingerprint density at radius 1 is 1.19 bits per heavy atom. The average Bonchev–Trinajstić information content (AvgIpc) is 3.18. The molecule has 144 valence electrons. The lowest BCUT2D eigenvalue weighted by Crippen LogP contribution is -2.27. The van der Waals surface area contributed by atoms with E-state index in [-0.39, 0.29) is 11.7 Å². The van der Waals surface area contributed by atoms with Gasteiger partial charge in [-0.1, -0.05) is 12.1 Å². The minimum Gasteiger partial charge on any atom is -0.367 e. The van der Waals surface area contributed by atoms with Crippen molar-refractivity contribution in [3.8, 4) is 0 Å². The van der Waals surface area contributed by atoms with E-state index < -0.39 is 0 Å². The highest BCUT2D eigenvalue weighted by molar-refractivity contribution is 5.93. The maximum Gasteiger partial charge on any atom is 0.271 e. The number of aromatic nitrogens is 2. The smallest absolute Gasteiger partial charge is 0.271 e. The number of likely N-dealkylation sites (tertiary alicyclic amines) is 1. The van der Waals surface area contributed by atoms with E-state index in [2.05, 4.69) is 25.5 Å². The number of nitrogens with zero attached hydrogens (tertiary/aromatic N) is 3. The Morgan fingerprint density at radius 3 is 2.56 bits per heavy atom. The van der Waals surface area contributed by atoms with Crippen LogP contribution in [0.5, 0.6) is 0 Å². The molecule has 1 aliphatic rings. The molecule has 6 nitrogen and oxygen atoms in total. The van der Waals surface area contributed by atoms with Crippen LogP contribution in [0.4, 0.5) is 10.2 Å². The first kappa shape index (κ1) is 19.2. The Balaban J connectivity index is 1.81. The summed E-state index contributed by atoms with van der Waals surface area (Å²) in [6.45, 7) is 5.79. The molecule has 2 aromatic rings. The van der Waals surface area contributed by atoms with E-state index in [4.69, 9.17) is 0 Å². The van der Waals surface area contributed by atoms with Gasteiger partial charge >= 0.3 is 0 Å². The first-order valence-corrected chi connectivity index (χ1v) is 9.37. The molecule has 0 radical (unpaired) electrons. The molecule has 0 saturated carbocycles. The van der Waals surface area contributed by atoms with Crippen molar-refractivity contribution in [2.75, 3.05) is 38.5 Å². The minimum absolute atomic E-state index is 0.260. The van der Waals surface area contributed by atoms with Crippen LogP contribution in [0.1, 0.15) is 40.3 Å². The normalized spacial score (nSPS) is 14.3. The second kappa shape index (κ2) is 8.90. The van der Waals surface area contributed by atoms with Gasteiger partial charge in [-0.2, -0.15) is 0 Å². The molecule has 2 heterocycles. The molecular weight excluding hydrogens is 345 g/mol. The van der Waals surface area contributed by atoms with Crippen molar-refractivity contribution in [1.82, 2.24) is 20.2 Å². The Bertz CT molecular complexity index is 788. The standard InChI is InChI=1S/C20H26FN5O/c1-14-18(20(27)22-2)25-17(13-15-5-7-16(21)8-6-15)19(24-14)23-9-12-26-10-3-4-11-26/h5-8H,3-4,9-13H2,1-2H3,(H,22,27)(H,23,24). The molecule has 1 aromatic carbocycles. The fraction of sp³-hybridized carbons (Fsp3) is 0.450. The van der Waals surface area contributed by atoms with Crippen LogP contribution in [0.15, 0.2) is 24.3 Å². The number of benzene rings is 1. The van der Waals surface area contributed by atoms with Crippen molar-refractivity contribution in [3.63, 3.8) is 0 Å². The zero-order valence-corrected chi connectivity index (χ0v) is 15.9. The van der Waals surface area contributed by atoms with Crippen LogP contribution in [-0.4, -0.2) is 54.0 Å². The lowest BCUT2D eigenvalue weighted by molar-refractivity contribution is 0.0957. The molecule has 0 aliphatic carbocycles. The minimum atomic E-state index is -0.274. The van der Waals surface area contributed by atoms with Crippen LogP contribution >= 0.6 is 0 Å². The second-order valence-electron chi connectivity index (χ2n) is 6.81. The summed E-state index contributed by atoms with van der Waals surface area (Å²) >= 11 is 0. The largest absolute Gasteiger partial charge is 0.367 e. The SMILES string of the molecule is CNC(=O)c1nc(Cc2ccc(F)cc2)c(NCCN2CCCC2)nc1C. The summed E-state index contributed by atoms with van der Waals surface area (Å²) < 4.78 is 13.2. The third-order valence-corrected chi connectivity index (χ3v) is 4.79. The monoisotopic (exact) mass is 371 g/mol. The van der Waals surface area contributed by atoms with Crippen LogP contribution in [-0.2, 0) is 6.42 Å².